The first-order valence-electron chi connectivity index (χ1n) is 6.89. The second kappa shape index (κ2) is 6.66. The highest BCUT2D eigenvalue weighted by Crippen LogP contribution is 2.19. The van der Waals surface area contributed by atoms with E-state index in [4.69, 9.17) is 0 Å². The van der Waals surface area contributed by atoms with E-state index in [0.717, 1.165) is 24.8 Å². The van der Waals surface area contributed by atoms with Gasteiger partial charge in [0.25, 0.3) is 10.2 Å². The fourth-order valence-electron chi connectivity index (χ4n) is 2.43. The summed E-state index contributed by atoms with van der Waals surface area (Å²) < 4.78 is 30.1. The Labute approximate surface area is 119 Å². The average molecular weight is 302 g/mol. The SMILES string of the molecule is Cc1cnn(CCNS(=O)(=O)N2CCCCC2CO)c1. The van der Waals surface area contributed by atoms with Crippen LogP contribution >= 0.6 is 0 Å². The molecule has 0 aliphatic carbocycles. The second-order valence-corrected chi connectivity index (χ2v) is 6.83. The number of nitrogens with one attached hydrogen (secondary N) is 1. The standard InChI is InChI=1S/C12H22N4O3S/c1-11-8-13-15(9-11)7-5-14-20(18,19)16-6-3-2-4-12(16)10-17/h8-9,12,14,17H,2-7,10H2,1H3. The van der Waals surface area contributed by atoms with Gasteiger partial charge in [-0.25, -0.2) is 4.72 Å². The Bertz CT molecular complexity index is 529. The molecule has 2 N–H and O–H groups in total. The highest BCUT2D eigenvalue weighted by molar-refractivity contribution is 7.87. The van der Waals surface area contributed by atoms with Gasteiger partial charge in [0, 0.05) is 25.3 Å². The van der Waals surface area contributed by atoms with Crippen molar-refractivity contribution in [3.63, 3.8) is 0 Å². The number of rotatable bonds is 6. The van der Waals surface area contributed by atoms with Gasteiger partial charge in [-0.3, -0.25) is 4.68 Å². The zero-order chi connectivity index (χ0) is 14.6. The molecule has 1 atom stereocenters. The summed E-state index contributed by atoms with van der Waals surface area (Å²) in [7, 11) is -3.53. The fraction of sp³-hybridized carbons (Fsp3) is 0.750. The molecular formula is C12H22N4O3S. The van der Waals surface area contributed by atoms with Gasteiger partial charge in [-0.05, 0) is 25.3 Å². The third-order valence-corrected chi connectivity index (χ3v) is 5.15. The molecule has 1 fully saturated rings. The van der Waals surface area contributed by atoms with Gasteiger partial charge in [0.2, 0.25) is 0 Å². The maximum absolute atomic E-state index is 12.2. The van der Waals surface area contributed by atoms with Crippen LogP contribution in [0, 0.1) is 6.92 Å². The highest BCUT2D eigenvalue weighted by atomic mass is 32.2. The number of aromatic nitrogens is 2. The molecule has 1 aliphatic rings. The van der Waals surface area contributed by atoms with Crippen LogP contribution in [0.3, 0.4) is 0 Å². The van der Waals surface area contributed by atoms with E-state index in [9.17, 15) is 13.5 Å². The number of nitrogens with zero attached hydrogens (tertiary/aromatic N) is 3. The molecule has 1 unspecified atom stereocenters. The first-order valence-corrected chi connectivity index (χ1v) is 8.33. The number of hydrogen-bond acceptors (Lipinski definition) is 4. The predicted molar refractivity (Wildman–Crippen MR) is 75.3 cm³/mol. The summed E-state index contributed by atoms with van der Waals surface area (Å²) in [5, 5.41) is 13.4. The van der Waals surface area contributed by atoms with Crippen molar-refractivity contribution in [1.82, 2.24) is 18.8 Å². The summed E-state index contributed by atoms with van der Waals surface area (Å²) in [5.41, 5.74) is 1.05. The molecule has 8 heteroatoms. The van der Waals surface area contributed by atoms with Crippen LogP contribution < -0.4 is 4.72 Å². The Balaban J connectivity index is 1.89. The van der Waals surface area contributed by atoms with E-state index < -0.39 is 10.2 Å². The Kier molecular flexibility index (Phi) is 5.14. The van der Waals surface area contributed by atoms with Gasteiger partial charge < -0.3 is 5.11 Å². The van der Waals surface area contributed by atoms with Crippen LogP contribution in [0.5, 0.6) is 0 Å². The summed E-state index contributed by atoms with van der Waals surface area (Å²) in [5.74, 6) is 0. The number of aliphatic hydroxyl groups is 1. The van der Waals surface area contributed by atoms with Gasteiger partial charge in [0.1, 0.15) is 0 Å². The Morgan fingerprint density at radius 3 is 2.95 bits per heavy atom. The van der Waals surface area contributed by atoms with Crippen LogP contribution in [-0.4, -0.2) is 53.3 Å². The third kappa shape index (κ3) is 3.78. The van der Waals surface area contributed by atoms with Crippen molar-refractivity contribution in [2.45, 2.75) is 38.8 Å². The zero-order valence-corrected chi connectivity index (χ0v) is 12.5. The number of aliphatic hydroxyl groups excluding tert-OH is 1. The number of aryl methyl sites for hydroxylation is 1. The molecule has 114 valence electrons. The van der Waals surface area contributed by atoms with Crippen molar-refractivity contribution >= 4 is 10.2 Å². The molecule has 1 aromatic heterocycles. The van der Waals surface area contributed by atoms with Crippen LogP contribution in [0.2, 0.25) is 0 Å². The Hall–Kier alpha value is -0.960. The first-order chi connectivity index (χ1) is 9.53. The number of piperidine rings is 1. The monoisotopic (exact) mass is 302 g/mol. The minimum absolute atomic E-state index is 0.126. The van der Waals surface area contributed by atoms with Crippen LogP contribution in [-0.2, 0) is 16.8 Å². The molecule has 1 aliphatic heterocycles. The zero-order valence-electron chi connectivity index (χ0n) is 11.7. The normalized spacial score (nSPS) is 21.2. The lowest BCUT2D eigenvalue weighted by molar-refractivity contribution is 0.154. The van der Waals surface area contributed by atoms with Gasteiger partial charge in [-0.1, -0.05) is 6.42 Å². The average Bonchev–Trinajstić information content (AvgIpc) is 2.84. The summed E-state index contributed by atoms with van der Waals surface area (Å²) in [6.07, 6.45) is 6.13. The lowest BCUT2D eigenvalue weighted by Gasteiger charge is -2.33. The van der Waals surface area contributed by atoms with Gasteiger partial charge in [0.15, 0.2) is 0 Å². The highest BCUT2D eigenvalue weighted by Gasteiger charge is 2.31. The number of hydrogen-bond donors (Lipinski definition) is 2. The molecule has 0 radical (unpaired) electrons. The molecule has 0 aromatic carbocycles. The molecule has 2 heterocycles. The van der Waals surface area contributed by atoms with Crippen molar-refractivity contribution in [3.05, 3.63) is 18.0 Å². The van der Waals surface area contributed by atoms with Crippen molar-refractivity contribution < 1.29 is 13.5 Å². The van der Waals surface area contributed by atoms with E-state index in [2.05, 4.69) is 9.82 Å². The summed E-state index contributed by atoms with van der Waals surface area (Å²) in [6, 6.07) is -0.298. The van der Waals surface area contributed by atoms with Gasteiger partial charge in [-0.2, -0.15) is 17.8 Å². The molecular weight excluding hydrogens is 280 g/mol. The smallest absolute Gasteiger partial charge is 0.279 e. The van der Waals surface area contributed by atoms with Gasteiger partial charge in [0.05, 0.1) is 19.3 Å². The van der Waals surface area contributed by atoms with E-state index in [-0.39, 0.29) is 19.2 Å². The summed E-state index contributed by atoms with van der Waals surface area (Å²) in [6.45, 7) is 3.07. The molecule has 0 spiro atoms. The molecule has 20 heavy (non-hydrogen) atoms. The van der Waals surface area contributed by atoms with Gasteiger partial charge in [-0.15, -0.1) is 0 Å². The first kappa shape index (κ1) is 15.4. The topological polar surface area (TPSA) is 87.5 Å². The lowest BCUT2D eigenvalue weighted by Crippen LogP contribution is -2.50. The van der Waals surface area contributed by atoms with E-state index in [1.54, 1.807) is 10.9 Å². The predicted octanol–water partition coefficient (Wildman–Crippen LogP) is -0.127. The van der Waals surface area contributed by atoms with Crippen LogP contribution in [0.4, 0.5) is 0 Å². The minimum Gasteiger partial charge on any atom is -0.395 e. The van der Waals surface area contributed by atoms with E-state index >= 15 is 0 Å². The Morgan fingerprint density at radius 2 is 2.30 bits per heavy atom. The van der Waals surface area contributed by atoms with Crippen molar-refractivity contribution in [2.24, 2.45) is 0 Å². The molecule has 7 nitrogen and oxygen atoms in total. The van der Waals surface area contributed by atoms with Crippen molar-refractivity contribution in [1.29, 1.82) is 0 Å². The van der Waals surface area contributed by atoms with Crippen LogP contribution in [0.25, 0.3) is 0 Å². The molecule has 0 amide bonds. The van der Waals surface area contributed by atoms with E-state index in [1.807, 2.05) is 13.1 Å². The second-order valence-electron chi connectivity index (χ2n) is 5.12. The maximum Gasteiger partial charge on any atom is 0.279 e. The molecule has 0 bridgehead atoms. The van der Waals surface area contributed by atoms with Crippen molar-refractivity contribution in [3.8, 4) is 0 Å². The molecule has 2 rings (SSSR count). The molecule has 1 aromatic rings. The van der Waals surface area contributed by atoms with Crippen LogP contribution in [0.1, 0.15) is 24.8 Å². The van der Waals surface area contributed by atoms with Gasteiger partial charge >= 0.3 is 0 Å². The largest absolute Gasteiger partial charge is 0.395 e. The lowest BCUT2D eigenvalue weighted by atomic mass is 10.1. The maximum atomic E-state index is 12.2. The molecule has 0 saturated carbocycles. The quantitative estimate of drug-likeness (QED) is 0.766. The summed E-state index contributed by atoms with van der Waals surface area (Å²) in [4.78, 5) is 0. The van der Waals surface area contributed by atoms with E-state index in [0.29, 0.717) is 13.1 Å². The third-order valence-electron chi connectivity index (χ3n) is 3.48. The summed E-state index contributed by atoms with van der Waals surface area (Å²) >= 11 is 0. The van der Waals surface area contributed by atoms with E-state index in [1.165, 1.54) is 4.31 Å². The molecule has 1 saturated heterocycles. The fourth-order valence-corrected chi connectivity index (χ4v) is 3.88. The minimum atomic E-state index is -3.53. The van der Waals surface area contributed by atoms with Crippen molar-refractivity contribution in [2.75, 3.05) is 19.7 Å². The van der Waals surface area contributed by atoms with Crippen LogP contribution in [0.15, 0.2) is 12.4 Å². The Morgan fingerprint density at radius 1 is 1.50 bits per heavy atom.